The van der Waals surface area contributed by atoms with E-state index < -0.39 is 0 Å². The normalized spacial score (nSPS) is 41.3. The second-order valence-corrected chi connectivity index (χ2v) is 12.5. The van der Waals surface area contributed by atoms with Crippen LogP contribution in [0.4, 0.5) is 0 Å². The maximum absolute atomic E-state index is 12.4. The van der Waals surface area contributed by atoms with Crippen LogP contribution in [0, 0.1) is 40.4 Å². The molecule has 8 atom stereocenters. The molecule has 4 heteroatoms. The fourth-order valence-electron chi connectivity index (χ4n) is 9.24. The first kappa shape index (κ1) is 24.0. The lowest BCUT2D eigenvalue weighted by molar-refractivity contribution is -0.143. The molecule has 4 saturated carbocycles. The summed E-state index contributed by atoms with van der Waals surface area (Å²) in [7, 11) is 0. The Labute approximate surface area is 204 Å². The number of phenolic OH excluding ortho intramolecular Hbond substituents is 1. The molecule has 5 rings (SSSR count). The maximum atomic E-state index is 12.4. The number of carbonyl (C=O) groups excluding carboxylic acids is 2. The average Bonchev–Trinajstić information content (AvgIpc) is 3.15. The van der Waals surface area contributed by atoms with Crippen LogP contribution in [0.5, 0.6) is 5.75 Å². The van der Waals surface area contributed by atoms with E-state index in [1.807, 2.05) is 19.1 Å². The first-order valence-electron chi connectivity index (χ1n) is 13.6. The number of ether oxygens (including phenoxy) is 1. The van der Waals surface area contributed by atoms with Crippen molar-refractivity contribution in [1.29, 1.82) is 0 Å². The van der Waals surface area contributed by atoms with E-state index in [9.17, 15) is 14.7 Å². The lowest BCUT2D eigenvalue weighted by atomic mass is 9.44. The predicted octanol–water partition coefficient (Wildman–Crippen LogP) is 6.73. The second-order valence-electron chi connectivity index (χ2n) is 12.5. The topological polar surface area (TPSA) is 63.6 Å². The summed E-state index contributed by atoms with van der Waals surface area (Å²) in [6.07, 6.45) is 11.0. The molecule has 0 unspecified atom stereocenters. The van der Waals surface area contributed by atoms with Gasteiger partial charge < -0.3 is 9.84 Å². The molecule has 0 aliphatic heterocycles. The first-order valence-corrected chi connectivity index (χ1v) is 13.6. The Bertz CT molecular complexity index is 969. The van der Waals surface area contributed by atoms with Gasteiger partial charge in [0.25, 0.3) is 0 Å². The summed E-state index contributed by atoms with van der Waals surface area (Å²) in [5.41, 5.74) is 1.69. The van der Waals surface area contributed by atoms with Gasteiger partial charge in [-0.25, -0.2) is 0 Å². The van der Waals surface area contributed by atoms with E-state index >= 15 is 0 Å². The molecular weight excluding hydrogens is 424 g/mol. The van der Waals surface area contributed by atoms with Gasteiger partial charge in [-0.05, 0) is 112 Å². The smallest absolute Gasteiger partial charge is 0.163 e. The Morgan fingerprint density at radius 1 is 0.971 bits per heavy atom. The van der Waals surface area contributed by atoms with Crippen molar-refractivity contribution < 1.29 is 19.4 Å². The number of hydrogen-bond donors (Lipinski definition) is 1. The zero-order valence-electron chi connectivity index (χ0n) is 21.4. The molecule has 0 bridgehead atoms. The quantitative estimate of drug-likeness (QED) is 0.489. The Hall–Kier alpha value is -1.68. The van der Waals surface area contributed by atoms with Crippen molar-refractivity contribution in [2.75, 3.05) is 0 Å². The Kier molecular flexibility index (Phi) is 6.19. The van der Waals surface area contributed by atoms with Crippen molar-refractivity contribution in [3.63, 3.8) is 0 Å². The molecule has 4 fully saturated rings. The highest BCUT2D eigenvalue weighted by Crippen LogP contribution is 2.67. The molecule has 0 saturated heterocycles. The maximum Gasteiger partial charge on any atom is 0.163 e. The molecule has 1 N–H and O–H groups in total. The lowest BCUT2D eigenvalue weighted by Crippen LogP contribution is -2.54. The summed E-state index contributed by atoms with van der Waals surface area (Å²) >= 11 is 0. The molecule has 4 aliphatic rings. The number of hydrogen-bond acceptors (Lipinski definition) is 4. The van der Waals surface area contributed by atoms with E-state index in [4.69, 9.17) is 4.74 Å². The van der Waals surface area contributed by atoms with Crippen LogP contribution in [0.1, 0.15) is 101 Å². The summed E-state index contributed by atoms with van der Waals surface area (Å²) < 4.78 is 6.33. The largest absolute Gasteiger partial charge is 0.507 e. The van der Waals surface area contributed by atoms with Crippen LogP contribution < -0.4 is 0 Å². The number of carbonyl (C=O) groups is 2. The molecule has 4 aliphatic carbocycles. The molecule has 34 heavy (non-hydrogen) atoms. The summed E-state index contributed by atoms with van der Waals surface area (Å²) in [4.78, 5) is 24.1. The molecule has 1 aromatic rings. The monoisotopic (exact) mass is 466 g/mol. The van der Waals surface area contributed by atoms with Gasteiger partial charge in [0.1, 0.15) is 11.5 Å². The van der Waals surface area contributed by atoms with Crippen molar-refractivity contribution in [2.24, 2.45) is 40.4 Å². The minimum absolute atomic E-state index is 0.0711. The summed E-state index contributed by atoms with van der Waals surface area (Å²) in [5.74, 6) is 3.64. The number of para-hydroxylation sites is 1. The molecule has 1 aromatic carbocycles. The minimum Gasteiger partial charge on any atom is -0.507 e. The van der Waals surface area contributed by atoms with Gasteiger partial charge in [-0.2, -0.15) is 0 Å². The zero-order valence-corrected chi connectivity index (χ0v) is 21.4. The van der Waals surface area contributed by atoms with Crippen LogP contribution in [0.15, 0.2) is 18.2 Å². The molecule has 0 radical (unpaired) electrons. The zero-order chi connectivity index (χ0) is 24.3. The van der Waals surface area contributed by atoms with Gasteiger partial charge in [0.2, 0.25) is 0 Å². The molecule has 0 amide bonds. The van der Waals surface area contributed by atoms with Gasteiger partial charge in [0.05, 0.1) is 18.3 Å². The summed E-state index contributed by atoms with van der Waals surface area (Å²) in [6.45, 7) is 8.66. The SMILES string of the molecule is CC(=O)c1cccc(CO[C@@H]2CC[C@@]3(C)[C@@H](CC[C@@H]4[C@@H]3CC[C@]3(C)[C@@H](C(C)=O)CC[C@@H]43)C2)c1O. The van der Waals surface area contributed by atoms with Crippen molar-refractivity contribution >= 4 is 11.6 Å². The van der Waals surface area contributed by atoms with Gasteiger partial charge >= 0.3 is 0 Å². The number of phenols is 1. The first-order chi connectivity index (χ1) is 16.1. The third-order valence-corrected chi connectivity index (χ3v) is 11.1. The molecular formula is C30H42O4. The minimum atomic E-state index is -0.120. The Morgan fingerprint density at radius 2 is 1.71 bits per heavy atom. The Balaban J connectivity index is 1.25. The van der Waals surface area contributed by atoms with Gasteiger partial charge in [-0.15, -0.1) is 0 Å². The number of fused-ring (bicyclic) bond motifs is 5. The average molecular weight is 467 g/mol. The highest BCUT2D eigenvalue weighted by molar-refractivity contribution is 5.97. The van der Waals surface area contributed by atoms with Gasteiger partial charge in [-0.3, -0.25) is 9.59 Å². The van der Waals surface area contributed by atoms with E-state index in [0.717, 1.165) is 37.0 Å². The van der Waals surface area contributed by atoms with Gasteiger partial charge in [-0.1, -0.05) is 26.0 Å². The van der Waals surface area contributed by atoms with Gasteiger partial charge in [0.15, 0.2) is 5.78 Å². The van der Waals surface area contributed by atoms with Crippen molar-refractivity contribution in [3.8, 4) is 5.75 Å². The predicted molar refractivity (Wildman–Crippen MR) is 133 cm³/mol. The van der Waals surface area contributed by atoms with E-state index in [2.05, 4.69) is 13.8 Å². The van der Waals surface area contributed by atoms with E-state index in [0.29, 0.717) is 34.8 Å². The summed E-state index contributed by atoms with van der Waals surface area (Å²) in [6, 6.07) is 5.35. The summed E-state index contributed by atoms with van der Waals surface area (Å²) in [5, 5.41) is 10.5. The van der Waals surface area contributed by atoms with Crippen molar-refractivity contribution in [1.82, 2.24) is 0 Å². The molecule has 186 valence electrons. The van der Waals surface area contributed by atoms with E-state index in [-0.39, 0.29) is 29.0 Å². The third kappa shape index (κ3) is 3.75. The van der Waals surface area contributed by atoms with Crippen LogP contribution in [0.2, 0.25) is 0 Å². The highest BCUT2D eigenvalue weighted by Gasteiger charge is 2.60. The molecule has 0 spiro atoms. The van der Waals surface area contributed by atoms with Crippen LogP contribution in [0.3, 0.4) is 0 Å². The number of rotatable bonds is 5. The second kappa shape index (κ2) is 8.76. The van der Waals surface area contributed by atoms with Crippen LogP contribution >= 0.6 is 0 Å². The van der Waals surface area contributed by atoms with Crippen LogP contribution in [-0.4, -0.2) is 22.8 Å². The molecule has 0 aromatic heterocycles. The van der Waals surface area contributed by atoms with Crippen molar-refractivity contribution in [3.05, 3.63) is 29.3 Å². The number of ketones is 2. The van der Waals surface area contributed by atoms with Crippen LogP contribution in [-0.2, 0) is 16.1 Å². The fourth-order valence-corrected chi connectivity index (χ4v) is 9.24. The van der Waals surface area contributed by atoms with Crippen molar-refractivity contribution in [2.45, 2.75) is 98.2 Å². The van der Waals surface area contributed by atoms with E-state index in [1.54, 1.807) is 6.07 Å². The number of aromatic hydroxyl groups is 1. The number of benzene rings is 1. The number of Topliss-reactive ketones (excluding diaryl/α,β-unsaturated/α-hetero) is 2. The van der Waals surface area contributed by atoms with Gasteiger partial charge in [0, 0.05) is 11.5 Å². The third-order valence-electron chi connectivity index (χ3n) is 11.1. The lowest BCUT2D eigenvalue weighted by Gasteiger charge is -2.61. The molecule has 4 nitrogen and oxygen atoms in total. The van der Waals surface area contributed by atoms with E-state index in [1.165, 1.54) is 45.4 Å². The fraction of sp³-hybridized carbons (Fsp3) is 0.733. The standard InChI is InChI=1S/C30H42O4/c1-18(31)23-7-5-6-20(28(23)33)17-34-22-12-14-29(3)21(16-22)8-9-24-26-11-10-25(19(2)32)30(26,4)15-13-27(24)29/h5-7,21-22,24-27,33H,8-17H2,1-4H3/t21-,22+,24-,25+,26-,27-,29-,30+/m0/s1. The Morgan fingerprint density at radius 3 is 2.44 bits per heavy atom. The molecule has 0 heterocycles. The highest BCUT2D eigenvalue weighted by atomic mass is 16.5. The van der Waals surface area contributed by atoms with Crippen LogP contribution in [0.25, 0.3) is 0 Å².